The van der Waals surface area contributed by atoms with Crippen LogP contribution in [0.15, 0.2) is 11.0 Å². The van der Waals surface area contributed by atoms with E-state index in [2.05, 4.69) is 9.97 Å². The summed E-state index contributed by atoms with van der Waals surface area (Å²) in [6.07, 6.45) is 1.91. The molecule has 0 aliphatic heterocycles. The number of fused-ring (bicyclic) bond motifs is 1. The average molecular weight is 177 g/mol. The Morgan fingerprint density at radius 3 is 2.85 bits per heavy atom. The maximum atomic E-state index is 11.5. The normalized spacial score (nSPS) is 11.0. The number of aromatic amines is 1. The summed E-state index contributed by atoms with van der Waals surface area (Å²) in [5.41, 5.74) is 1.66. The molecule has 0 spiro atoms. The minimum Gasteiger partial charge on any atom is -0.335 e. The van der Waals surface area contributed by atoms with Crippen molar-refractivity contribution in [3.8, 4) is 0 Å². The molecule has 2 aromatic rings. The molecule has 0 saturated heterocycles. The van der Waals surface area contributed by atoms with Crippen LogP contribution in [0.3, 0.4) is 0 Å². The Bertz CT molecular complexity index is 521. The Balaban J connectivity index is 3.06. The number of hydrogen-bond acceptors (Lipinski definition) is 2. The van der Waals surface area contributed by atoms with Gasteiger partial charge in [-0.2, -0.15) is 0 Å². The van der Waals surface area contributed by atoms with Crippen LogP contribution in [0.1, 0.15) is 11.4 Å². The predicted octanol–water partition coefficient (Wildman–Crippen LogP) is 0.878. The lowest BCUT2D eigenvalue weighted by atomic mass is 10.3. The fraction of sp³-hybridized carbons (Fsp3) is 0.333. The highest BCUT2D eigenvalue weighted by atomic mass is 16.1. The molecular weight excluding hydrogens is 166 g/mol. The molecule has 0 saturated carbocycles. The van der Waals surface area contributed by atoms with E-state index in [0.717, 1.165) is 11.2 Å². The molecular formula is C9H11N3O. The summed E-state index contributed by atoms with van der Waals surface area (Å²) in [5, 5.41) is 0.688. The monoisotopic (exact) mass is 177 g/mol. The highest BCUT2D eigenvalue weighted by molar-refractivity contribution is 5.78. The second-order valence-electron chi connectivity index (χ2n) is 3.27. The smallest absolute Gasteiger partial charge is 0.260 e. The summed E-state index contributed by atoms with van der Waals surface area (Å²) in [6, 6.07) is 0. The topological polar surface area (TPSA) is 50.7 Å². The van der Waals surface area contributed by atoms with Crippen molar-refractivity contribution < 1.29 is 0 Å². The van der Waals surface area contributed by atoms with E-state index < -0.39 is 0 Å². The molecule has 0 radical (unpaired) electrons. The van der Waals surface area contributed by atoms with E-state index in [9.17, 15) is 4.79 Å². The van der Waals surface area contributed by atoms with E-state index in [-0.39, 0.29) is 5.56 Å². The van der Waals surface area contributed by atoms with Crippen LogP contribution < -0.4 is 5.56 Å². The van der Waals surface area contributed by atoms with Crippen LogP contribution in [0.25, 0.3) is 11.0 Å². The number of nitrogens with one attached hydrogen (secondary N) is 1. The molecule has 0 fully saturated rings. The van der Waals surface area contributed by atoms with Crippen molar-refractivity contribution in [3.63, 3.8) is 0 Å². The first-order valence-electron chi connectivity index (χ1n) is 4.12. The van der Waals surface area contributed by atoms with Gasteiger partial charge in [-0.3, -0.25) is 4.79 Å². The van der Waals surface area contributed by atoms with E-state index in [4.69, 9.17) is 0 Å². The molecule has 2 heterocycles. The molecule has 0 aliphatic rings. The lowest BCUT2D eigenvalue weighted by Crippen LogP contribution is -2.10. The Kier molecular flexibility index (Phi) is 1.52. The zero-order valence-electron chi connectivity index (χ0n) is 7.88. The molecule has 0 aromatic carbocycles. The van der Waals surface area contributed by atoms with Gasteiger partial charge in [-0.05, 0) is 19.4 Å². The third-order valence-corrected chi connectivity index (χ3v) is 2.13. The van der Waals surface area contributed by atoms with Crippen molar-refractivity contribution in [1.82, 2.24) is 14.5 Å². The number of H-pyrrole nitrogens is 1. The first-order valence-corrected chi connectivity index (χ1v) is 4.12. The summed E-state index contributed by atoms with van der Waals surface area (Å²) in [6.45, 7) is 3.69. The second kappa shape index (κ2) is 2.45. The van der Waals surface area contributed by atoms with Gasteiger partial charge in [0.25, 0.3) is 5.56 Å². The Labute approximate surface area is 75.2 Å². The zero-order chi connectivity index (χ0) is 9.59. The third kappa shape index (κ3) is 1.06. The van der Waals surface area contributed by atoms with Gasteiger partial charge in [0.05, 0.1) is 5.39 Å². The maximum absolute atomic E-state index is 11.5. The van der Waals surface area contributed by atoms with Crippen molar-refractivity contribution >= 4 is 11.0 Å². The minimum absolute atomic E-state index is 0.0550. The van der Waals surface area contributed by atoms with Gasteiger partial charge < -0.3 is 9.55 Å². The highest BCUT2D eigenvalue weighted by Crippen LogP contribution is 2.12. The van der Waals surface area contributed by atoms with E-state index in [1.807, 2.05) is 24.7 Å². The fourth-order valence-electron chi connectivity index (χ4n) is 1.60. The third-order valence-electron chi connectivity index (χ3n) is 2.13. The van der Waals surface area contributed by atoms with Crippen molar-refractivity contribution in [2.45, 2.75) is 13.8 Å². The summed E-state index contributed by atoms with van der Waals surface area (Å²) in [5.74, 6) is 0.652. The summed E-state index contributed by atoms with van der Waals surface area (Å²) in [7, 11) is 1.89. The van der Waals surface area contributed by atoms with Gasteiger partial charge in [-0.1, -0.05) is 0 Å². The van der Waals surface area contributed by atoms with Crippen LogP contribution in [0, 0.1) is 13.8 Å². The average Bonchev–Trinajstić information content (AvgIpc) is 2.27. The molecule has 0 atom stereocenters. The highest BCUT2D eigenvalue weighted by Gasteiger charge is 2.08. The largest absolute Gasteiger partial charge is 0.335 e. The van der Waals surface area contributed by atoms with Crippen molar-refractivity contribution in [3.05, 3.63) is 27.9 Å². The first-order chi connectivity index (χ1) is 6.09. The lowest BCUT2D eigenvalue weighted by Gasteiger charge is -1.95. The fourth-order valence-corrected chi connectivity index (χ4v) is 1.60. The van der Waals surface area contributed by atoms with Crippen LogP contribution in [-0.2, 0) is 7.05 Å². The molecule has 68 valence electrons. The predicted molar refractivity (Wildman–Crippen MR) is 50.8 cm³/mol. The van der Waals surface area contributed by atoms with Crippen LogP contribution in [0.2, 0.25) is 0 Å². The SMILES string of the molecule is Cc1nc2c(c(C)cn2C)c(=O)[nH]1. The molecule has 4 nitrogen and oxygen atoms in total. The first kappa shape index (κ1) is 8.04. The standard InChI is InChI=1S/C9H11N3O/c1-5-4-12(3)8-7(5)9(13)11-6(2)10-8/h4H,1-3H3,(H,10,11,13). The number of rotatable bonds is 0. The van der Waals surface area contributed by atoms with Crippen LogP contribution in [0.5, 0.6) is 0 Å². The second-order valence-corrected chi connectivity index (χ2v) is 3.27. The van der Waals surface area contributed by atoms with Gasteiger partial charge in [-0.15, -0.1) is 0 Å². The summed E-state index contributed by atoms with van der Waals surface area (Å²) in [4.78, 5) is 18.5. The van der Waals surface area contributed by atoms with Gasteiger partial charge >= 0.3 is 0 Å². The Morgan fingerprint density at radius 1 is 1.46 bits per heavy atom. The van der Waals surface area contributed by atoms with Gasteiger partial charge in [-0.25, -0.2) is 4.98 Å². The molecule has 4 heteroatoms. The van der Waals surface area contributed by atoms with Gasteiger partial charge in [0.1, 0.15) is 11.5 Å². The van der Waals surface area contributed by atoms with Crippen molar-refractivity contribution in [2.75, 3.05) is 0 Å². The quantitative estimate of drug-likeness (QED) is 0.649. The molecule has 0 aliphatic carbocycles. The minimum atomic E-state index is -0.0550. The van der Waals surface area contributed by atoms with Crippen LogP contribution >= 0.6 is 0 Å². The van der Waals surface area contributed by atoms with Crippen molar-refractivity contribution in [2.24, 2.45) is 7.05 Å². The molecule has 0 bridgehead atoms. The Morgan fingerprint density at radius 2 is 2.15 bits per heavy atom. The number of nitrogens with zero attached hydrogens (tertiary/aromatic N) is 2. The number of hydrogen-bond donors (Lipinski definition) is 1. The molecule has 0 amide bonds. The van der Waals surface area contributed by atoms with Gasteiger partial charge in [0, 0.05) is 13.2 Å². The molecule has 1 N–H and O–H groups in total. The molecule has 2 rings (SSSR count). The number of aryl methyl sites for hydroxylation is 3. The van der Waals surface area contributed by atoms with E-state index >= 15 is 0 Å². The summed E-state index contributed by atoms with van der Waals surface area (Å²) >= 11 is 0. The van der Waals surface area contributed by atoms with Crippen molar-refractivity contribution in [1.29, 1.82) is 0 Å². The lowest BCUT2D eigenvalue weighted by molar-refractivity contribution is 0.925. The maximum Gasteiger partial charge on any atom is 0.260 e. The van der Waals surface area contributed by atoms with Gasteiger partial charge in [0.2, 0.25) is 0 Å². The van der Waals surface area contributed by atoms with E-state index in [0.29, 0.717) is 11.2 Å². The van der Waals surface area contributed by atoms with E-state index in [1.165, 1.54) is 0 Å². The van der Waals surface area contributed by atoms with Crippen LogP contribution in [0.4, 0.5) is 0 Å². The molecule has 13 heavy (non-hydrogen) atoms. The molecule has 2 aromatic heterocycles. The summed E-state index contributed by atoms with van der Waals surface area (Å²) < 4.78 is 1.87. The Hall–Kier alpha value is -1.58. The van der Waals surface area contributed by atoms with E-state index in [1.54, 1.807) is 6.92 Å². The molecule has 0 unspecified atom stereocenters. The zero-order valence-corrected chi connectivity index (χ0v) is 7.88. The van der Waals surface area contributed by atoms with Gasteiger partial charge in [0.15, 0.2) is 0 Å². The van der Waals surface area contributed by atoms with Crippen LogP contribution in [-0.4, -0.2) is 14.5 Å². The number of aromatic nitrogens is 3.